The molecule has 0 aliphatic carbocycles. The first-order valence-corrected chi connectivity index (χ1v) is 12.3. The van der Waals surface area contributed by atoms with E-state index in [-0.39, 0.29) is 11.8 Å². The van der Waals surface area contributed by atoms with Crippen LogP contribution < -0.4 is 10.6 Å². The second-order valence-electron chi connectivity index (χ2n) is 7.87. The molecule has 0 radical (unpaired) electrons. The predicted molar refractivity (Wildman–Crippen MR) is 123 cm³/mol. The number of hydrogen-bond acceptors (Lipinski definition) is 4. The van der Waals surface area contributed by atoms with E-state index in [2.05, 4.69) is 27.8 Å². The Balaban J connectivity index is 1.42. The number of nitrogens with one attached hydrogen (secondary N) is 2. The predicted octanol–water partition coefficient (Wildman–Crippen LogP) is 1.85. The Bertz CT molecular complexity index is 1000. The standard InChI is InChI=1S/C23H30N4O3S/c1-24-23(25-15-19-8-10-21(11-9-19)31(2,29)30)26-16-20-14-22(28)27(17-20)13-12-18-6-4-3-5-7-18/h3-11,20H,12-17H2,1-2H3,(H2,24,25,26). The Morgan fingerprint density at radius 2 is 1.77 bits per heavy atom. The Kier molecular flexibility index (Phi) is 7.68. The highest BCUT2D eigenvalue weighted by Gasteiger charge is 2.29. The monoisotopic (exact) mass is 442 g/mol. The van der Waals surface area contributed by atoms with Crippen molar-refractivity contribution >= 4 is 21.7 Å². The Morgan fingerprint density at radius 1 is 1.06 bits per heavy atom. The van der Waals surface area contributed by atoms with Crippen LogP contribution in [0.25, 0.3) is 0 Å². The molecule has 2 N–H and O–H groups in total. The minimum Gasteiger partial charge on any atom is -0.356 e. The zero-order valence-corrected chi connectivity index (χ0v) is 18.9. The highest BCUT2D eigenvalue weighted by molar-refractivity contribution is 7.90. The fraction of sp³-hybridized carbons (Fsp3) is 0.391. The lowest BCUT2D eigenvalue weighted by atomic mass is 10.1. The molecule has 0 bridgehead atoms. The third-order valence-corrected chi connectivity index (χ3v) is 6.53. The molecule has 1 heterocycles. The molecule has 8 heteroatoms. The molecule has 1 aliphatic heterocycles. The maximum atomic E-state index is 12.3. The molecular weight excluding hydrogens is 412 g/mol. The number of carbonyl (C=O) groups is 1. The summed E-state index contributed by atoms with van der Waals surface area (Å²) in [5.41, 5.74) is 2.20. The Morgan fingerprint density at radius 3 is 2.42 bits per heavy atom. The zero-order valence-electron chi connectivity index (χ0n) is 18.0. The van der Waals surface area contributed by atoms with Crippen LogP contribution >= 0.6 is 0 Å². The molecule has 0 aromatic heterocycles. The molecule has 1 saturated heterocycles. The average Bonchev–Trinajstić information content (AvgIpc) is 3.12. The van der Waals surface area contributed by atoms with Gasteiger partial charge >= 0.3 is 0 Å². The number of nitrogens with zero attached hydrogens (tertiary/aromatic N) is 2. The summed E-state index contributed by atoms with van der Waals surface area (Å²) in [6, 6.07) is 17.0. The van der Waals surface area contributed by atoms with Crippen molar-refractivity contribution in [2.45, 2.75) is 24.3 Å². The summed E-state index contributed by atoms with van der Waals surface area (Å²) in [4.78, 5) is 18.8. The number of likely N-dealkylation sites (tertiary alicyclic amines) is 1. The van der Waals surface area contributed by atoms with E-state index in [1.54, 1.807) is 31.3 Å². The molecule has 2 aromatic rings. The maximum absolute atomic E-state index is 12.3. The summed E-state index contributed by atoms with van der Waals surface area (Å²) in [5.74, 6) is 1.11. The van der Waals surface area contributed by atoms with Gasteiger partial charge in [-0.3, -0.25) is 9.79 Å². The van der Waals surface area contributed by atoms with Gasteiger partial charge in [0.1, 0.15) is 0 Å². The van der Waals surface area contributed by atoms with Crippen molar-refractivity contribution in [3.63, 3.8) is 0 Å². The number of guanidine groups is 1. The van der Waals surface area contributed by atoms with Crippen LogP contribution in [-0.2, 0) is 27.6 Å². The molecule has 1 fully saturated rings. The summed E-state index contributed by atoms with van der Waals surface area (Å²) in [6.45, 7) is 2.69. The molecular formula is C23H30N4O3S. The maximum Gasteiger partial charge on any atom is 0.223 e. The lowest BCUT2D eigenvalue weighted by Gasteiger charge is -2.18. The van der Waals surface area contributed by atoms with Gasteiger partial charge in [-0.1, -0.05) is 42.5 Å². The van der Waals surface area contributed by atoms with E-state index >= 15 is 0 Å². The SMILES string of the molecule is CN=C(NCc1ccc(S(C)(=O)=O)cc1)NCC1CC(=O)N(CCc2ccccc2)C1. The van der Waals surface area contributed by atoms with Crippen LogP contribution in [0.4, 0.5) is 0 Å². The van der Waals surface area contributed by atoms with Crippen molar-refractivity contribution < 1.29 is 13.2 Å². The van der Waals surface area contributed by atoms with Gasteiger partial charge in [-0.15, -0.1) is 0 Å². The number of aliphatic imine (C=N–C) groups is 1. The number of amides is 1. The third kappa shape index (κ3) is 6.82. The molecule has 31 heavy (non-hydrogen) atoms. The van der Waals surface area contributed by atoms with E-state index in [1.165, 1.54) is 11.8 Å². The summed E-state index contributed by atoms with van der Waals surface area (Å²) >= 11 is 0. The molecule has 1 unspecified atom stereocenters. The van der Waals surface area contributed by atoms with E-state index in [9.17, 15) is 13.2 Å². The van der Waals surface area contributed by atoms with Gasteiger partial charge in [0, 0.05) is 51.8 Å². The van der Waals surface area contributed by atoms with Crippen LogP contribution in [0.5, 0.6) is 0 Å². The molecule has 1 amide bonds. The summed E-state index contributed by atoms with van der Waals surface area (Å²) in [7, 11) is -1.49. The number of hydrogen-bond donors (Lipinski definition) is 2. The molecule has 1 aliphatic rings. The van der Waals surface area contributed by atoms with Crippen molar-refractivity contribution in [3.05, 3.63) is 65.7 Å². The Hall–Kier alpha value is -2.87. The van der Waals surface area contributed by atoms with Crippen molar-refractivity contribution in [3.8, 4) is 0 Å². The second-order valence-corrected chi connectivity index (χ2v) is 9.88. The van der Waals surface area contributed by atoms with Gasteiger partial charge in [-0.05, 0) is 29.7 Å². The minimum absolute atomic E-state index is 0.205. The van der Waals surface area contributed by atoms with Crippen molar-refractivity contribution in [2.24, 2.45) is 10.9 Å². The lowest BCUT2D eigenvalue weighted by molar-refractivity contribution is -0.127. The number of sulfone groups is 1. The smallest absolute Gasteiger partial charge is 0.223 e. The topological polar surface area (TPSA) is 90.9 Å². The number of benzene rings is 2. The van der Waals surface area contributed by atoms with E-state index in [4.69, 9.17) is 0 Å². The van der Waals surface area contributed by atoms with Crippen molar-refractivity contribution in [2.75, 3.05) is 32.9 Å². The zero-order chi connectivity index (χ0) is 22.3. The fourth-order valence-corrected chi connectivity index (χ4v) is 4.25. The first kappa shape index (κ1) is 22.8. The second kappa shape index (κ2) is 10.4. The van der Waals surface area contributed by atoms with Crippen LogP contribution in [-0.4, -0.2) is 58.1 Å². The third-order valence-electron chi connectivity index (χ3n) is 5.40. The van der Waals surface area contributed by atoms with Crippen LogP contribution in [0.3, 0.4) is 0 Å². The summed E-state index contributed by atoms with van der Waals surface area (Å²) < 4.78 is 23.1. The normalized spacial score (nSPS) is 17.1. The molecule has 2 aromatic carbocycles. The largest absolute Gasteiger partial charge is 0.356 e. The average molecular weight is 443 g/mol. The van der Waals surface area contributed by atoms with Crippen LogP contribution in [0, 0.1) is 5.92 Å². The first-order chi connectivity index (χ1) is 14.8. The Labute approximate surface area is 184 Å². The highest BCUT2D eigenvalue weighted by atomic mass is 32.2. The minimum atomic E-state index is -3.19. The van der Waals surface area contributed by atoms with Crippen LogP contribution in [0.1, 0.15) is 17.5 Å². The summed E-state index contributed by atoms with van der Waals surface area (Å²) in [6.07, 6.45) is 2.61. The van der Waals surface area contributed by atoms with Gasteiger partial charge in [0.05, 0.1) is 4.90 Å². The van der Waals surface area contributed by atoms with Gasteiger partial charge < -0.3 is 15.5 Å². The molecule has 0 saturated carbocycles. The van der Waals surface area contributed by atoms with Gasteiger partial charge in [0.15, 0.2) is 15.8 Å². The molecule has 0 spiro atoms. The first-order valence-electron chi connectivity index (χ1n) is 10.4. The molecule has 1 atom stereocenters. The lowest BCUT2D eigenvalue weighted by Crippen LogP contribution is -2.40. The van der Waals surface area contributed by atoms with Crippen LogP contribution in [0.2, 0.25) is 0 Å². The van der Waals surface area contributed by atoms with Gasteiger partial charge in [-0.2, -0.15) is 0 Å². The van der Waals surface area contributed by atoms with Gasteiger partial charge in [-0.25, -0.2) is 8.42 Å². The van der Waals surface area contributed by atoms with E-state index in [1.807, 2.05) is 23.1 Å². The van der Waals surface area contributed by atoms with E-state index < -0.39 is 9.84 Å². The van der Waals surface area contributed by atoms with E-state index in [0.29, 0.717) is 30.4 Å². The van der Waals surface area contributed by atoms with Crippen molar-refractivity contribution in [1.82, 2.24) is 15.5 Å². The molecule has 166 valence electrons. The van der Waals surface area contributed by atoms with Crippen LogP contribution in [0.15, 0.2) is 64.5 Å². The molecule has 3 rings (SSSR count). The van der Waals surface area contributed by atoms with Crippen molar-refractivity contribution in [1.29, 1.82) is 0 Å². The highest BCUT2D eigenvalue weighted by Crippen LogP contribution is 2.17. The number of rotatable bonds is 8. The van der Waals surface area contributed by atoms with Gasteiger partial charge in [0.2, 0.25) is 5.91 Å². The fourth-order valence-electron chi connectivity index (χ4n) is 3.62. The van der Waals surface area contributed by atoms with E-state index in [0.717, 1.165) is 25.1 Å². The molecule has 7 nitrogen and oxygen atoms in total. The van der Waals surface area contributed by atoms with Gasteiger partial charge in [0.25, 0.3) is 0 Å². The summed E-state index contributed by atoms with van der Waals surface area (Å²) in [5, 5.41) is 6.52. The number of carbonyl (C=O) groups excluding carboxylic acids is 1. The quantitative estimate of drug-likeness (QED) is 0.481.